The summed E-state index contributed by atoms with van der Waals surface area (Å²) in [5.74, 6) is 1.71. The van der Waals surface area contributed by atoms with E-state index in [1.807, 2.05) is 30.8 Å². The standard InChI is InChI=1S/C20H28Cl2N6O.HI/c1-4-23-20(26-12-16-9-17(21)19(22)27(16)3)25-11-15-5-6-18(24-10-15)28-7-8-29-14(2)13-28;/h5-6,9-10,14H,4,7-8,11-13H2,1-3H3,(H2,23,25,26);1H. The lowest BCUT2D eigenvalue weighted by Gasteiger charge is -2.32. The van der Waals surface area contributed by atoms with E-state index in [1.54, 1.807) is 0 Å². The molecule has 2 N–H and O–H groups in total. The van der Waals surface area contributed by atoms with Gasteiger partial charge in [0, 0.05) is 38.6 Å². The molecule has 1 unspecified atom stereocenters. The van der Waals surface area contributed by atoms with Gasteiger partial charge in [-0.05, 0) is 31.5 Å². The largest absolute Gasteiger partial charge is 0.375 e. The predicted octanol–water partition coefficient (Wildman–Crippen LogP) is 3.83. The highest BCUT2D eigenvalue weighted by Crippen LogP contribution is 2.24. The molecule has 7 nitrogen and oxygen atoms in total. The summed E-state index contributed by atoms with van der Waals surface area (Å²) in [4.78, 5) is 11.5. The third kappa shape index (κ3) is 6.63. The van der Waals surface area contributed by atoms with Crippen molar-refractivity contribution in [2.45, 2.75) is 33.0 Å². The van der Waals surface area contributed by atoms with Gasteiger partial charge in [0.1, 0.15) is 11.0 Å². The first-order chi connectivity index (χ1) is 14.0. The zero-order chi connectivity index (χ0) is 20.8. The summed E-state index contributed by atoms with van der Waals surface area (Å²) in [5, 5.41) is 7.65. The molecule has 0 amide bonds. The molecule has 3 heterocycles. The number of guanidine groups is 1. The smallest absolute Gasteiger partial charge is 0.191 e. The van der Waals surface area contributed by atoms with Crippen LogP contribution in [0.1, 0.15) is 25.1 Å². The van der Waals surface area contributed by atoms with Crippen molar-refractivity contribution in [2.75, 3.05) is 31.1 Å². The van der Waals surface area contributed by atoms with Crippen molar-refractivity contribution in [1.29, 1.82) is 0 Å². The Hall–Kier alpha value is -1.23. The molecule has 30 heavy (non-hydrogen) atoms. The second-order valence-electron chi connectivity index (χ2n) is 7.03. The third-order valence-electron chi connectivity index (χ3n) is 4.79. The van der Waals surface area contributed by atoms with Gasteiger partial charge in [0.25, 0.3) is 0 Å². The lowest BCUT2D eigenvalue weighted by Crippen LogP contribution is -2.41. The number of nitrogens with zero attached hydrogens (tertiary/aromatic N) is 4. The lowest BCUT2D eigenvalue weighted by molar-refractivity contribution is 0.0529. The van der Waals surface area contributed by atoms with Crippen LogP contribution < -0.4 is 15.5 Å². The number of aliphatic imine (C=N–C) groups is 1. The molecule has 0 radical (unpaired) electrons. The Kier molecular flexibility index (Phi) is 9.99. The summed E-state index contributed by atoms with van der Waals surface area (Å²) in [6.07, 6.45) is 2.12. The predicted molar refractivity (Wildman–Crippen MR) is 134 cm³/mol. The number of hydrogen-bond acceptors (Lipinski definition) is 4. The Balaban J connectivity index is 0.00000320. The van der Waals surface area contributed by atoms with Gasteiger partial charge in [-0.25, -0.2) is 9.98 Å². The normalized spacial score (nSPS) is 16.9. The number of pyridine rings is 1. The Morgan fingerprint density at radius 1 is 1.33 bits per heavy atom. The number of morpholine rings is 1. The molecule has 1 aliphatic rings. The van der Waals surface area contributed by atoms with Crippen molar-refractivity contribution in [3.05, 3.63) is 45.8 Å². The van der Waals surface area contributed by atoms with E-state index < -0.39 is 0 Å². The van der Waals surface area contributed by atoms with Gasteiger partial charge in [-0.3, -0.25) is 0 Å². The first-order valence-electron chi connectivity index (χ1n) is 9.81. The molecular formula is C20H29Cl2IN6O. The van der Waals surface area contributed by atoms with E-state index in [0.717, 1.165) is 49.3 Å². The van der Waals surface area contributed by atoms with Gasteiger partial charge in [-0.2, -0.15) is 0 Å². The van der Waals surface area contributed by atoms with Gasteiger partial charge in [0.15, 0.2) is 5.96 Å². The van der Waals surface area contributed by atoms with Crippen molar-refractivity contribution in [2.24, 2.45) is 12.0 Å². The third-order valence-corrected chi connectivity index (χ3v) is 5.63. The highest BCUT2D eigenvalue weighted by atomic mass is 127. The van der Waals surface area contributed by atoms with Gasteiger partial charge < -0.3 is 24.8 Å². The van der Waals surface area contributed by atoms with Crippen LogP contribution in [-0.4, -0.2) is 47.9 Å². The highest BCUT2D eigenvalue weighted by molar-refractivity contribution is 14.0. The average Bonchev–Trinajstić information content (AvgIpc) is 2.97. The zero-order valence-electron chi connectivity index (χ0n) is 17.5. The number of aromatic nitrogens is 2. The molecule has 166 valence electrons. The topological polar surface area (TPSA) is 66.7 Å². The van der Waals surface area contributed by atoms with Crippen LogP contribution in [0.25, 0.3) is 0 Å². The fourth-order valence-electron chi connectivity index (χ4n) is 3.17. The van der Waals surface area contributed by atoms with Gasteiger partial charge in [0.05, 0.1) is 30.8 Å². The van der Waals surface area contributed by atoms with Crippen molar-refractivity contribution in [3.8, 4) is 0 Å². The van der Waals surface area contributed by atoms with Crippen LogP contribution in [0.2, 0.25) is 10.2 Å². The maximum atomic E-state index is 6.13. The Morgan fingerprint density at radius 2 is 2.13 bits per heavy atom. The molecule has 1 fully saturated rings. The average molecular weight is 567 g/mol. The van der Waals surface area contributed by atoms with Crippen LogP contribution in [0.5, 0.6) is 0 Å². The minimum Gasteiger partial charge on any atom is -0.375 e. The fourth-order valence-corrected chi connectivity index (χ4v) is 3.58. The molecule has 1 aliphatic heterocycles. The monoisotopic (exact) mass is 566 g/mol. The van der Waals surface area contributed by atoms with E-state index >= 15 is 0 Å². The number of hydrogen-bond donors (Lipinski definition) is 2. The maximum Gasteiger partial charge on any atom is 0.191 e. The number of rotatable bonds is 6. The fraction of sp³-hybridized carbons (Fsp3) is 0.500. The van der Waals surface area contributed by atoms with Crippen molar-refractivity contribution >= 4 is 59.0 Å². The highest BCUT2D eigenvalue weighted by Gasteiger charge is 2.17. The molecule has 0 bridgehead atoms. The summed E-state index contributed by atoms with van der Waals surface area (Å²) in [7, 11) is 1.89. The summed E-state index contributed by atoms with van der Waals surface area (Å²) in [5.41, 5.74) is 2.04. The molecule has 0 aliphatic carbocycles. The molecule has 10 heteroatoms. The zero-order valence-corrected chi connectivity index (χ0v) is 21.3. The van der Waals surface area contributed by atoms with E-state index in [-0.39, 0.29) is 30.1 Å². The molecule has 0 spiro atoms. The Labute approximate surface area is 205 Å². The minimum atomic E-state index is 0. The summed E-state index contributed by atoms with van der Waals surface area (Å²) >= 11 is 12.2. The van der Waals surface area contributed by atoms with Crippen molar-refractivity contribution in [3.63, 3.8) is 0 Å². The molecule has 1 saturated heterocycles. The molecule has 1 atom stereocenters. The van der Waals surface area contributed by atoms with Crippen molar-refractivity contribution in [1.82, 2.24) is 20.2 Å². The molecule has 0 saturated carbocycles. The van der Waals surface area contributed by atoms with E-state index in [1.165, 1.54) is 0 Å². The molecule has 3 rings (SSSR count). The number of anilines is 1. The van der Waals surface area contributed by atoms with Crippen molar-refractivity contribution < 1.29 is 4.74 Å². The van der Waals surface area contributed by atoms with Crippen LogP contribution in [0.3, 0.4) is 0 Å². The minimum absolute atomic E-state index is 0. The quantitative estimate of drug-likeness (QED) is 0.316. The second-order valence-corrected chi connectivity index (χ2v) is 7.80. The number of nitrogens with one attached hydrogen (secondary N) is 2. The first kappa shape index (κ1) is 25.0. The van der Waals surface area contributed by atoms with Gasteiger partial charge in [-0.15, -0.1) is 24.0 Å². The van der Waals surface area contributed by atoms with E-state index in [9.17, 15) is 0 Å². The summed E-state index contributed by atoms with van der Waals surface area (Å²) in [6, 6.07) is 5.99. The van der Waals surface area contributed by atoms with Crippen LogP contribution in [0, 0.1) is 0 Å². The van der Waals surface area contributed by atoms with Crippen LogP contribution >= 0.6 is 47.2 Å². The van der Waals surface area contributed by atoms with E-state index in [0.29, 0.717) is 23.3 Å². The van der Waals surface area contributed by atoms with Crippen LogP contribution in [0.15, 0.2) is 29.4 Å². The maximum absolute atomic E-state index is 6.13. The van der Waals surface area contributed by atoms with Gasteiger partial charge in [0.2, 0.25) is 0 Å². The number of halogens is 3. The summed E-state index contributed by atoms with van der Waals surface area (Å²) < 4.78 is 7.45. The lowest BCUT2D eigenvalue weighted by atomic mass is 10.2. The molecule has 2 aromatic heterocycles. The van der Waals surface area contributed by atoms with E-state index in [2.05, 4.69) is 44.6 Å². The SMILES string of the molecule is CCNC(=NCc1ccc(N2CCOC(C)C2)nc1)NCc1cc(Cl)c(Cl)n1C.I. The first-order valence-corrected chi connectivity index (χ1v) is 10.6. The molecular weight excluding hydrogens is 538 g/mol. The Bertz CT molecular complexity index is 843. The Morgan fingerprint density at radius 3 is 2.73 bits per heavy atom. The number of ether oxygens (including phenoxy) is 1. The van der Waals surface area contributed by atoms with Gasteiger partial charge >= 0.3 is 0 Å². The second kappa shape index (κ2) is 12.0. The van der Waals surface area contributed by atoms with E-state index in [4.69, 9.17) is 27.9 Å². The van der Waals surface area contributed by atoms with Crippen LogP contribution in [-0.2, 0) is 24.9 Å². The summed E-state index contributed by atoms with van der Waals surface area (Å²) in [6.45, 7) is 8.48. The van der Waals surface area contributed by atoms with Gasteiger partial charge in [-0.1, -0.05) is 29.3 Å². The van der Waals surface area contributed by atoms with Crippen LogP contribution in [0.4, 0.5) is 5.82 Å². The molecule has 0 aromatic carbocycles. The molecule has 2 aromatic rings.